The highest BCUT2D eigenvalue weighted by Crippen LogP contribution is 2.18. The Balaban J connectivity index is 1.67. The number of nitrogens with zero attached hydrogens (tertiary/aromatic N) is 4. The van der Waals surface area contributed by atoms with Crippen molar-refractivity contribution in [1.29, 1.82) is 5.26 Å². The van der Waals surface area contributed by atoms with Crippen LogP contribution in [-0.4, -0.2) is 39.2 Å². The molecule has 1 aromatic heterocycles. The minimum Gasteiger partial charge on any atom is -0.393 e. The lowest BCUT2D eigenvalue weighted by atomic mass is 10.0. The number of rotatable bonds is 5. The number of piperidine rings is 1. The van der Waals surface area contributed by atoms with Crippen LogP contribution in [0.1, 0.15) is 29.7 Å². The van der Waals surface area contributed by atoms with Crippen LogP contribution in [0.2, 0.25) is 0 Å². The molecule has 6 nitrogen and oxygen atoms in total. The summed E-state index contributed by atoms with van der Waals surface area (Å²) in [7, 11) is 0. The Labute approximate surface area is 141 Å². The standard InChI is InChI=1S/C18H21N5O/c19-11-17-18(21-8-7-20-17)22-12-14-3-1-2-4-15(14)13-23-9-5-16(24)6-10-23/h1-4,7-8,16,24H,5-6,9-10,12-13H2,(H,21,22). The lowest BCUT2D eigenvalue weighted by Crippen LogP contribution is -2.35. The molecular formula is C18H21N5O. The van der Waals surface area contributed by atoms with Gasteiger partial charge in [-0.1, -0.05) is 24.3 Å². The molecule has 0 amide bonds. The SMILES string of the molecule is N#Cc1nccnc1NCc1ccccc1CN1CCC(O)CC1. The van der Waals surface area contributed by atoms with Crippen LogP contribution in [0.15, 0.2) is 36.7 Å². The van der Waals surface area contributed by atoms with E-state index in [2.05, 4.69) is 32.3 Å². The highest BCUT2D eigenvalue weighted by molar-refractivity contribution is 5.47. The Bertz CT molecular complexity index is 719. The van der Waals surface area contributed by atoms with Crippen molar-refractivity contribution in [3.63, 3.8) is 0 Å². The molecule has 1 aromatic carbocycles. The highest BCUT2D eigenvalue weighted by Gasteiger charge is 2.17. The summed E-state index contributed by atoms with van der Waals surface area (Å²) < 4.78 is 0. The minimum atomic E-state index is -0.154. The van der Waals surface area contributed by atoms with Gasteiger partial charge in [0.1, 0.15) is 6.07 Å². The molecule has 1 fully saturated rings. The van der Waals surface area contributed by atoms with Gasteiger partial charge in [0.05, 0.1) is 6.10 Å². The summed E-state index contributed by atoms with van der Waals surface area (Å²) in [6.07, 6.45) is 4.62. The van der Waals surface area contributed by atoms with Gasteiger partial charge in [0, 0.05) is 38.6 Å². The van der Waals surface area contributed by atoms with Crippen LogP contribution in [0.5, 0.6) is 0 Å². The summed E-state index contributed by atoms with van der Waals surface area (Å²) in [6.45, 7) is 3.31. The van der Waals surface area contributed by atoms with E-state index in [1.54, 1.807) is 6.20 Å². The summed E-state index contributed by atoms with van der Waals surface area (Å²) >= 11 is 0. The molecule has 6 heteroatoms. The van der Waals surface area contributed by atoms with Crippen LogP contribution in [-0.2, 0) is 13.1 Å². The number of hydrogen-bond acceptors (Lipinski definition) is 6. The van der Waals surface area contributed by atoms with E-state index in [9.17, 15) is 5.11 Å². The number of nitrogens with one attached hydrogen (secondary N) is 1. The second-order valence-corrected chi connectivity index (χ2v) is 5.99. The van der Waals surface area contributed by atoms with Crippen molar-refractivity contribution < 1.29 is 5.11 Å². The van der Waals surface area contributed by atoms with E-state index in [1.807, 2.05) is 18.2 Å². The zero-order valence-corrected chi connectivity index (χ0v) is 13.5. The lowest BCUT2D eigenvalue weighted by Gasteiger charge is -2.30. The number of aliphatic hydroxyl groups excluding tert-OH is 1. The van der Waals surface area contributed by atoms with Gasteiger partial charge >= 0.3 is 0 Å². The van der Waals surface area contributed by atoms with E-state index in [0.717, 1.165) is 32.5 Å². The molecule has 2 heterocycles. The van der Waals surface area contributed by atoms with Crippen LogP contribution >= 0.6 is 0 Å². The second-order valence-electron chi connectivity index (χ2n) is 5.99. The molecule has 1 aliphatic heterocycles. The number of aromatic nitrogens is 2. The smallest absolute Gasteiger partial charge is 0.182 e. The molecule has 2 N–H and O–H groups in total. The lowest BCUT2D eigenvalue weighted by molar-refractivity contribution is 0.0791. The zero-order chi connectivity index (χ0) is 16.8. The number of anilines is 1. The largest absolute Gasteiger partial charge is 0.393 e. The molecular weight excluding hydrogens is 302 g/mol. The van der Waals surface area contributed by atoms with Crippen molar-refractivity contribution in [2.45, 2.75) is 32.0 Å². The minimum absolute atomic E-state index is 0.154. The van der Waals surface area contributed by atoms with Crippen LogP contribution in [0.25, 0.3) is 0 Å². The molecule has 0 atom stereocenters. The van der Waals surface area contributed by atoms with Crippen molar-refractivity contribution >= 4 is 5.82 Å². The first-order valence-electron chi connectivity index (χ1n) is 8.18. The van der Waals surface area contributed by atoms with Crippen LogP contribution in [0.4, 0.5) is 5.82 Å². The molecule has 3 rings (SSSR count). The summed E-state index contributed by atoms with van der Waals surface area (Å²) in [4.78, 5) is 10.6. The molecule has 124 valence electrons. The highest BCUT2D eigenvalue weighted by atomic mass is 16.3. The maximum Gasteiger partial charge on any atom is 0.182 e. The topological polar surface area (TPSA) is 85.1 Å². The van der Waals surface area contributed by atoms with Gasteiger partial charge in [-0.3, -0.25) is 4.90 Å². The molecule has 0 aliphatic carbocycles. The van der Waals surface area contributed by atoms with Gasteiger partial charge in [0.15, 0.2) is 11.5 Å². The fraction of sp³-hybridized carbons (Fsp3) is 0.389. The Kier molecular flexibility index (Phi) is 5.36. The van der Waals surface area contributed by atoms with Gasteiger partial charge in [0.25, 0.3) is 0 Å². The summed E-state index contributed by atoms with van der Waals surface area (Å²) in [6, 6.07) is 10.3. The number of hydrogen-bond donors (Lipinski definition) is 2. The summed E-state index contributed by atoms with van der Waals surface area (Å²) in [5.41, 5.74) is 2.74. The average molecular weight is 323 g/mol. The molecule has 2 aromatic rings. The normalized spacial score (nSPS) is 15.8. The number of aliphatic hydroxyl groups is 1. The van der Waals surface area contributed by atoms with E-state index < -0.39 is 0 Å². The fourth-order valence-corrected chi connectivity index (χ4v) is 2.93. The first-order valence-corrected chi connectivity index (χ1v) is 8.18. The van der Waals surface area contributed by atoms with Crippen molar-refractivity contribution in [3.05, 3.63) is 53.5 Å². The predicted molar refractivity (Wildman–Crippen MR) is 91.0 cm³/mol. The molecule has 1 aliphatic rings. The predicted octanol–water partition coefficient (Wildman–Crippen LogP) is 1.92. The van der Waals surface area contributed by atoms with E-state index in [4.69, 9.17) is 5.26 Å². The Morgan fingerprint density at radius 3 is 2.62 bits per heavy atom. The van der Waals surface area contributed by atoms with Gasteiger partial charge in [-0.2, -0.15) is 5.26 Å². The fourth-order valence-electron chi connectivity index (χ4n) is 2.93. The third kappa shape index (κ3) is 4.07. The van der Waals surface area contributed by atoms with E-state index in [0.29, 0.717) is 18.1 Å². The first kappa shape index (κ1) is 16.4. The van der Waals surface area contributed by atoms with Crippen LogP contribution in [0, 0.1) is 11.3 Å². The van der Waals surface area contributed by atoms with Gasteiger partial charge in [0.2, 0.25) is 0 Å². The number of benzene rings is 1. The number of nitriles is 1. The third-order valence-corrected chi connectivity index (χ3v) is 4.32. The second kappa shape index (κ2) is 7.86. The quantitative estimate of drug-likeness (QED) is 0.874. The maximum absolute atomic E-state index is 9.63. The van der Waals surface area contributed by atoms with Gasteiger partial charge in [-0.25, -0.2) is 9.97 Å². The van der Waals surface area contributed by atoms with Gasteiger partial charge in [-0.05, 0) is 24.0 Å². The monoisotopic (exact) mass is 323 g/mol. The molecule has 0 radical (unpaired) electrons. The molecule has 0 spiro atoms. The maximum atomic E-state index is 9.63. The summed E-state index contributed by atoms with van der Waals surface area (Å²) in [5.74, 6) is 0.510. The van der Waals surface area contributed by atoms with Crippen molar-refractivity contribution in [2.75, 3.05) is 18.4 Å². The van der Waals surface area contributed by atoms with Crippen LogP contribution < -0.4 is 5.32 Å². The molecule has 0 unspecified atom stereocenters. The Morgan fingerprint density at radius 1 is 1.17 bits per heavy atom. The Hall–Kier alpha value is -2.49. The van der Waals surface area contributed by atoms with E-state index in [1.165, 1.54) is 17.3 Å². The zero-order valence-electron chi connectivity index (χ0n) is 13.5. The average Bonchev–Trinajstić information content (AvgIpc) is 2.63. The van der Waals surface area contributed by atoms with E-state index in [-0.39, 0.29) is 6.10 Å². The Morgan fingerprint density at radius 2 is 1.88 bits per heavy atom. The first-order chi connectivity index (χ1) is 11.8. The number of likely N-dealkylation sites (tertiary alicyclic amines) is 1. The molecule has 0 saturated carbocycles. The van der Waals surface area contributed by atoms with Crippen molar-refractivity contribution in [2.24, 2.45) is 0 Å². The van der Waals surface area contributed by atoms with Crippen LogP contribution in [0.3, 0.4) is 0 Å². The summed E-state index contributed by atoms with van der Waals surface area (Å²) in [5, 5.41) is 21.9. The third-order valence-electron chi connectivity index (χ3n) is 4.32. The van der Waals surface area contributed by atoms with Gasteiger partial charge in [-0.15, -0.1) is 0 Å². The molecule has 24 heavy (non-hydrogen) atoms. The van der Waals surface area contributed by atoms with E-state index >= 15 is 0 Å². The van der Waals surface area contributed by atoms with Crippen molar-refractivity contribution in [3.8, 4) is 6.07 Å². The van der Waals surface area contributed by atoms with Gasteiger partial charge < -0.3 is 10.4 Å². The molecule has 0 bridgehead atoms. The van der Waals surface area contributed by atoms with Crippen molar-refractivity contribution in [1.82, 2.24) is 14.9 Å². The molecule has 1 saturated heterocycles.